The molecule has 2 N–H and O–H groups in total. The van der Waals surface area contributed by atoms with Gasteiger partial charge in [0.15, 0.2) is 6.10 Å². The van der Waals surface area contributed by atoms with Gasteiger partial charge < -0.3 is 15.4 Å². The average molecular weight is 418 g/mol. The number of hydrogen-bond donors (Lipinski definition) is 2. The van der Waals surface area contributed by atoms with E-state index in [4.69, 9.17) is 4.74 Å². The molecule has 0 unspecified atom stereocenters. The molecule has 0 aliphatic heterocycles. The zero-order valence-electron chi connectivity index (χ0n) is 16.9. The van der Waals surface area contributed by atoms with Crippen LogP contribution in [0.25, 0.3) is 0 Å². The number of esters is 1. The number of benzene rings is 2. The fourth-order valence-electron chi connectivity index (χ4n) is 2.60. The van der Waals surface area contributed by atoms with Crippen molar-refractivity contribution < 1.29 is 27.9 Å². The molecule has 2 aromatic carbocycles. The molecule has 160 valence electrons. The molecule has 2 rings (SSSR count). The Balaban J connectivity index is 1.94. The van der Waals surface area contributed by atoms with Crippen molar-refractivity contribution in [3.63, 3.8) is 0 Å². The highest BCUT2D eigenvalue weighted by atomic mass is 19.1. The van der Waals surface area contributed by atoms with E-state index in [1.54, 1.807) is 13.8 Å². The maximum absolute atomic E-state index is 13.8. The number of amides is 2. The Kier molecular flexibility index (Phi) is 8.03. The van der Waals surface area contributed by atoms with E-state index in [0.29, 0.717) is 5.56 Å². The Labute approximate surface area is 173 Å². The molecule has 30 heavy (non-hydrogen) atoms. The van der Waals surface area contributed by atoms with Crippen molar-refractivity contribution in [2.75, 3.05) is 0 Å². The van der Waals surface area contributed by atoms with E-state index in [1.165, 1.54) is 49.4 Å². The highest BCUT2D eigenvalue weighted by Gasteiger charge is 2.29. The number of rotatable bonds is 8. The lowest BCUT2D eigenvalue weighted by molar-refractivity contribution is -0.157. The summed E-state index contributed by atoms with van der Waals surface area (Å²) in [6.07, 6.45) is -1.12. The second-order valence-corrected chi connectivity index (χ2v) is 7.10. The molecule has 0 heterocycles. The van der Waals surface area contributed by atoms with E-state index in [9.17, 15) is 23.2 Å². The van der Waals surface area contributed by atoms with E-state index < -0.39 is 35.7 Å². The van der Waals surface area contributed by atoms with E-state index in [-0.39, 0.29) is 23.8 Å². The molecule has 0 spiro atoms. The summed E-state index contributed by atoms with van der Waals surface area (Å²) in [5, 5.41) is 5.05. The summed E-state index contributed by atoms with van der Waals surface area (Å²) >= 11 is 0. The van der Waals surface area contributed by atoms with E-state index >= 15 is 0 Å². The smallest absolute Gasteiger partial charge is 0.329 e. The molecule has 0 aliphatic carbocycles. The van der Waals surface area contributed by atoms with Crippen LogP contribution in [0.3, 0.4) is 0 Å². The molecule has 0 saturated heterocycles. The number of ether oxygens (including phenoxy) is 1. The molecule has 2 amide bonds. The van der Waals surface area contributed by atoms with Crippen molar-refractivity contribution in [2.24, 2.45) is 5.92 Å². The lowest BCUT2D eigenvalue weighted by Crippen LogP contribution is -2.47. The molecule has 0 aromatic heterocycles. The molecule has 8 heteroatoms. The van der Waals surface area contributed by atoms with Crippen LogP contribution in [0.5, 0.6) is 0 Å². The zero-order chi connectivity index (χ0) is 22.3. The molecule has 0 saturated carbocycles. The van der Waals surface area contributed by atoms with Gasteiger partial charge in [-0.3, -0.25) is 9.59 Å². The second-order valence-electron chi connectivity index (χ2n) is 7.10. The van der Waals surface area contributed by atoms with Crippen LogP contribution in [-0.2, 0) is 20.9 Å². The van der Waals surface area contributed by atoms with Gasteiger partial charge >= 0.3 is 5.97 Å². The average Bonchev–Trinajstić information content (AvgIpc) is 2.71. The van der Waals surface area contributed by atoms with Gasteiger partial charge in [-0.15, -0.1) is 0 Å². The Morgan fingerprint density at radius 2 is 1.60 bits per heavy atom. The van der Waals surface area contributed by atoms with Crippen molar-refractivity contribution >= 4 is 17.8 Å². The molecular weight excluding hydrogens is 394 g/mol. The quantitative estimate of drug-likeness (QED) is 0.646. The third-order valence-electron chi connectivity index (χ3n) is 4.37. The monoisotopic (exact) mass is 418 g/mol. The minimum Gasteiger partial charge on any atom is -0.451 e. The minimum atomic E-state index is -1.12. The molecular formula is C22H24F2N2O4. The summed E-state index contributed by atoms with van der Waals surface area (Å²) in [6, 6.07) is 9.94. The van der Waals surface area contributed by atoms with Crippen LogP contribution >= 0.6 is 0 Å². The van der Waals surface area contributed by atoms with Gasteiger partial charge in [0, 0.05) is 6.54 Å². The topological polar surface area (TPSA) is 84.5 Å². The first kappa shape index (κ1) is 23.0. The minimum absolute atomic E-state index is 0.138. The van der Waals surface area contributed by atoms with Gasteiger partial charge in [0.2, 0.25) is 0 Å². The normalized spacial score (nSPS) is 12.7. The first-order valence-corrected chi connectivity index (χ1v) is 9.47. The number of carbonyl (C=O) groups excluding carboxylic acids is 3. The molecule has 6 nitrogen and oxygen atoms in total. The molecule has 0 aliphatic rings. The van der Waals surface area contributed by atoms with Crippen molar-refractivity contribution in [1.29, 1.82) is 0 Å². The van der Waals surface area contributed by atoms with Crippen molar-refractivity contribution in [1.82, 2.24) is 10.6 Å². The Hall–Kier alpha value is -3.29. The van der Waals surface area contributed by atoms with Crippen LogP contribution in [0.4, 0.5) is 8.78 Å². The highest BCUT2D eigenvalue weighted by Crippen LogP contribution is 2.11. The van der Waals surface area contributed by atoms with Gasteiger partial charge in [-0.25, -0.2) is 13.6 Å². The fourth-order valence-corrected chi connectivity index (χ4v) is 2.60. The summed E-state index contributed by atoms with van der Waals surface area (Å²) in [5.74, 6) is -3.56. The number of carbonyl (C=O) groups is 3. The maximum atomic E-state index is 13.8. The Bertz CT molecular complexity index is 900. The van der Waals surface area contributed by atoms with E-state index in [0.717, 1.165) is 6.07 Å². The lowest BCUT2D eigenvalue weighted by Gasteiger charge is -2.23. The Morgan fingerprint density at radius 1 is 0.967 bits per heavy atom. The highest BCUT2D eigenvalue weighted by molar-refractivity contribution is 5.97. The van der Waals surface area contributed by atoms with Crippen molar-refractivity contribution in [3.05, 3.63) is 71.3 Å². The summed E-state index contributed by atoms with van der Waals surface area (Å²) < 4.78 is 31.9. The van der Waals surface area contributed by atoms with Crippen molar-refractivity contribution in [2.45, 2.75) is 39.5 Å². The van der Waals surface area contributed by atoms with E-state index in [2.05, 4.69) is 10.6 Å². The Morgan fingerprint density at radius 3 is 2.20 bits per heavy atom. The lowest BCUT2D eigenvalue weighted by atomic mass is 10.0. The first-order chi connectivity index (χ1) is 14.2. The largest absolute Gasteiger partial charge is 0.451 e. The van der Waals surface area contributed by atoms with Crippen LogP contribution in [-0.4, -0.2) is 29.9 Å². The van der Waals surface area contributed by atoms with Gasteiger partial charge in [0.1, 0.15) is 17.7 Å². The second kappa shape index (κ2) is 10.5. The molecule has 0 bridgehead atoms. The summed E-state index contributed by atoms with van der Waals surface area (Å²) in [6.45, 7) is 4.91. The number of halogens is 2. The van der Waals surface area contributed by atoms with Crippen LogP contribution in [0.2, 0.25) is 0 Å². The predicted octanol–water partition coefficient (Wildman–Crippen LogP) is 2.97. The summed E-state index contributed by atoms with van der Waals surface area (Å²) in [7, 11) is 0. The van der Waals surface area contributed by atoms with Crippen LogP contribution < -0.4 is 10.6 Å². The van der Waals surface area contributed by atoms with Crippen LogP contribution in [0, 0.1) is 17.6 Å². The molecule has 2 aromatic rings. The van der Waals surface area contributed by atoms with Gasteiger partial charge in [0.05, 0.1) is 5.56 Å². The van der Waals surface area contributed by atoms with Gasteiger partial charge in [-0.1, -0.05) is 38.1 Å². The molecule has 2 atom stereocenters. The number of hydrogen-bond acceptors (Lipinski definition) is 4. The molecule has 0 fully saturated rings. The van der Waals surface area contributed by atoms with Gasteiger partial charge in [-0.05, 0) is 42.7 Å². The first-order valence-electron chi connectivity index (χ1n) is 9.47. The summed E-state index contributed by atoms with van der Waals surface area (Å²) in [5.41, 5.74) is 0.488. The van der Waals surface area contributed by atoms with Crippen LogP contribution in [0.15, 0.2) is 48.5 Å². The summed E-state index contributed by atoms with van der Waals surface area (Å²) in [4.78, 5) is 37.0. The SMILES string of the molecule is CC(C)[C@H](NC(=O)c1ccccc1F)C(=O)O[C@H](C)C(=O)NCc1ccc(F)cc1. The van der Waals surface area contributed by atoms with Gasteiger partial charge in [-0.2, -0.15) is 0 Å². The van der Waals surface area contributed by atoms with E-state index in [1.807, 2.05) is 0 Å². The van der Waals surface area contributed by atoms with Gasteiger partial charge in [0.25, 0.3) is 11.8 Å². The maximum Gasteiger partial charge on any atom is 0.329 e. The molecule has 0 radical (unpaired) electrons. The third kappa shape index (κ3) is 6.37. The zero-order valence-corrected chi connectivity index (χ0v) is 16.9. The third-order valence-corrected chi connectivity index (χ3v) is 4.37. The standard InChI is InChI=1S/C22H24F2N2O4/c1-13(2)19(26-21(28)17-6-4-5-7-18(17)24)22(29)30-14(3)20(27)25-12-15-8-10-16(23)11-9-15/h4-11,13-14,19H,12H2,1-3H3,(H,25,27)(H,26,28)/t14-,19+/m1/s1. The van der Waals surface area contributed by atoms with Crippen molar-refractivity contribution in [3.8, 4) is 0 Å². The predicted molar refractivity (Wildman–Crippen MR) is 106 cm³/mol. The number of nitrogens with one attached hydrogen (secondary N) is 2. The fraction of sp³-hybridized carbons (Fsp3) is 0.318. The van der Waals surface area contributed by atoms with Crippen LogP contribution in [0.1, 0.15) is 36.7 Å².